The number of aliphatic carboxylic acids is 1. The van der Waals surface area contributed by atoms with Crippen molar-refractivity contribution in [1.29, 1.82) is 0 Å². The zero-order chi connectivity index (χ0) is 17.8. The first-order valence-corrected chi connectivity index (χ1v) is 9.05. The Balaban J connectivity index is 1.81. The summed E-state index contributed by atoms with van der Waals surface area (Å²) < 4.78 is 0. The van der Waals surface area contributed by atoms with Crippen molar-refractivity contribution in [3.05, 3.63) is 63.9 Å². The highest BCUT2D eigenvalue weighted by atomic mass is 32.1. The van der Waals surface area contributed by atoms with Gasteiger partial charge in [0.05, 0.1) is 16.6 Å². The number of thiophene rings is 1. The van der Waals surface area contributed by atoms with Gasteiger partial charge in [0, 0.05) is 12.8 Å². The van der Waals surface area contributed by atoms with E-state index in [1.807, 2.05) is 54.8 Å². The number of carbonyl (C=O) groups excluding carboxylic acids is 1. The predicted molar refractivity (Wildman–Crippen MR) is 97.7 cm³/mol. The van der Waals surface area contributed by atoms with Crippen molar-refractivity contribution >= 4 is 28.9 Å². The molecule has 0 fully saturated rings. The van der Waals surface area contributed by atoms with Gasteiger partial charge in [-0.3, -0.25) is 15.0 Å². The number of hydrogen-bond donors (Lipinski definition) is 2. The van der Waals surface area contributed by atoms with Gasteiger partial charge < -0.3 is 5.11 Å². The van der Waals surface area contributed by atoms with Gasteiger partial charge in [0.15, 0.2) is 0 Å². The lowest BCUT2D eigenvalue weighted by molar-refractivity contribution is -0.137. The molecular formula is C19H20N2O3S. The molecule has 1 amide bonds. The molecule has 2 N–H and O–H groups in total. The topological polar surface area (TPSA) is 69.6 Å². The lowest BCUT2D eigenvalue weighted by Crippen LogP contribution is -2.39. The van der Waals surface area contributed by atoms with Gasteiger partial charge in [0.25, 0.3) is 0 Å². The van der Waals surface area contributed by atoms with Crippen LogP contribution in [0.25, 0.3) is 5.70 Å². The fraction of sp³-hybridized carbons (Fsp3) is 0.263. The SMILES string of the molecule is Cc1ccc([C@H]2C=C(c3cccs3)NN2C(=O)CCCC(=O)O)cc1. The van der Waals surface area contributed by atoms with Crippen LogP contribution in [-0.4, -0.2) is 22.0 Å². The molecule has 0 unspecified atom stereocenters. The van der Waals surface area contributed by atoms with Crippen LogP contribution in [0.3, 0.4) is 0 Å². The Kier molecular flexibility index (Phi) is 5.19. The number of nitrogens with one attached hydrogen (secondary N) is 1. The van der Waals surface area contributed by atoms with Crippen LogP contribution < -0.4 is 5.43 Å². The first kappa shape index (κ1) is 17.2. The molecule has 1 aromatic carbocycles. The number of rotatable bonds is 6. The van der Waals surface area contributed by atoms with E-state index in [9.17, 15) is 9.59 Å². The van der Waals surface area contributed by atoms with E-state index in [0.29, 0.717) is 6.42 Å². The summed E-state index contributed by atoms with van der Waals surface area (Å²) in [7, 11) is 0. The highest BCUT2D eigenvalue weighted by Gasteiger charge is 2.30. The second-order valence-electron chi connectivity index (χ2n) is 6.04. The number of aryl methyl sites for hydroxylation is 1. The van der Waals surface area contributed by atoms with Crippen molar-refractivity contribution in [2.24, 2.45) is 0 Å². The van der Waals surface area contributed by atoms with E-state index in [-0.39, 0.29) is 24.8 Å². The monoisotopic (exact) mass is 356 g/mol. The van der Waals surface area contributed by atoms with Gasteiger partial charge in [-0.15, -0.1) is 11.3 Å². The Bertz CT molecular complexity index is 782. The third-order valence-corrected chi connectivity index (χ3v) is 5.00. The van der Waals surface area contributed by atoms with Crippen molar-refractivity contribution in [2.75, 3.05) is 0 Å². The Hall–Kier alpha value is -2.60. The fourth-order valence-corrected chi connectivity index (χ4v) is 3.48. The summed E-state index contributed by atoms with van der Waals surface area (Å²) in [6.45, 7) is 2.03. The van der Waals surface area contributed by atoms with Crippen LogP contribution in [-0.2, 0) is 9.59 Å². The minimum Gasteiger partial charge on any atom is -0.481 e. The van der Waals surface area contributed by atoms with Crippen LogP contribution in [0.5, 0.6) is 0 Å². The van der Waals surface area contributed by atoms with E-state index < -0.39 is 5.97 Å². The Labute approximate surface area is 150 Å². The summed E-state index contributed by atoms with van der Waals surface area (Å²) in [4.78, 5) is 24.4. The molecule has 1 aromatic heterocycles. The maximum absolute atomic E-state index is 12.6. The summed E-state index contributed by atoms with van der Waals surface area (Å²) in [5.74, 6) is -0.982. The first-order chi connectivity index (χ1) is 12.0. The van der Waals surface area contributed by atoms with E-state index >= 15 is 0 Å². The van der Waals surface area contributed by atoms with Crippen molar-refractivity contribution in [2.45, 2.75) is 32.2 Å². The van der Waals surface area contributed by atoms with Gasteiger partial charge in [-0.1, -0.05) is 35.9 Å². The van der Waals surface area contributed by atoms with E-state index in [1.165, 1.54) is 0 Å². The van der Waals surface area contributed by atoms with Gasteiger partial charge >= 0.3 is 5.97 Å². The minimum atomic E-state index is -0.880. The maximum Gasteiger partial charge on any atom is 0.303 e. The van der Waals surface area contributed by atoms with E-state index in [1.54, 1.807) is 16.3 Å². The fourth-order valence-electron chi connectivity index (χ4n) is 2.78. The zero-order valence-corrected chi connectivity index (χ0v) is 14.8. The molecule has 0 saturated carbocycles. The molecule has 1 aliphatic rings. The second kappa shape index (κ2) is 7.53. The third kappa shape index (κ3) is 4.09. The molecule has 0 radical (unpaired) electrons. The van der Waals surface area contributed by atoms with E-state index in [0.717, 1.165) is 21.7 Å². The molecule has 6 heteroatoms. The molecular weight excluding hydrogens is 336 g/mol. The molecule has 3 rings (SSSR count). The highest BCUT2D eigenvalue weighted by molar-refractivity contribution is 7.11. The van der Waals surface area contributed by atoms with Crippen molar-refractivity contribution in [3.63, 3.8) is 0 Å². The molecule has 0 aliphatic carbocycles. The number of carboxylic acids is 1. The molecule has 1 atom stereocenters. The number of carboxylic acid groups (broad SMARTS) is 1. The van der Waals surface area contributed by atoms with Gasteiger partial charge in [0.1, 0.15) is 0 Å². The van der Waals surface area contributed by atoms with Crippen LogP contribution in [0.2, 0.25) is 0 Å². The van der Waals surface area contributed by atoms with E-state index in [2.05, 4.69) is 5.43 Å². The van der Waals surface area contributed by atoms with Crippen LogP contribution in [0.4, 0.5) is 0 Å². The van der Waals surface area contributed by atoms with E-state index in [4.69, 9.17) is 5.11 Å². The van der Waals surface area contributed by atoms with Crippen LogP contribution in [0, 0.1) is 6.92 Å². The summed E-state index contributed by atoms with van der Waals surface area (Å²) in [5.41, 5.74) is 6.30. The number of benzene rings is 1. The quantitative estimate of drug-likeness (QED) is 0.827. The van der Waals surface area contributed by atoms with Gasteiger partial charge in [-0.2, -0.15) is 0 Å². The Morgan fingerprint density at radius 2 is 1.96 bits per heavy atom. The third-order valence-electron chi connectivity index (χ3n) is 4.10. The summed E-state index contributed by atoms with van der Waals surface area (Å²) >= 11 is 1.61. The summed E-state index contributed by atoms with van der Waals surface area (Å²) in [6.07, 6.45) is 2.58. The Morgan fingerprint density at radius 1 is 1.20 bits per heavy atom. The molecule has 1 aliphatic heterocycles. The molecule has 2 aromatic rings. The largest absolute Gasteiger partial charge is 0.481 e. The number of amides is 1. The molecule has 2 heterocycles. The highest BCUT2D eigenvalue weighted by Crippen LogP contribution is 2.33. The molecule has 130 valence electrons. The van der Waals surface area contributed by atoms with Crippen molar-refractivity contribution in [1.82, 2.24) is 10.4 Å². The molecule has 25 heavy (non-hydrogen) atoms. The average molecular weight is 356 g/mol. The van der Waals surface area contributed by atoms with Crippen LogP contribution in [0.1, 0.15) is 41.3 Å². The van der Waals surface area contributed by atoms with Gasteiger partial charge in [-0.05, 0) is 36.4 Å². The lowest BCUT2D eigenvalue weighted by Gasteiger charge is -2.25. The smallest absolute Gasteiger partial charge is 0.303 e. The predicted octanol–water partition coefficient (Wildman–Crippen LogP) is 3.74. The summed E-state index contributed by atoms with van der Waals surface area (Å²) in [6, 6.07) is 11.9. The maximum atomic E-state index is 12.6. The number of hydrogen-bond acceptors (Lipinski definition) is 4. The van der Waals surface area contributed by atoms with Crippen LogP contribution >= 0.6 is 11.3 Å². The molecule has 5 nitrogen and oxygen atoms in total. The average Bonchev–Trinajstić information content (AvgIpc) is 3.24. The van der Waals surface area contributed by atoms with Gasteiger partial charge in [-0.25, -0.2) is 5.01 Å². The lowest BCUT2D eigenvalue weighted by atomic mass is 10.0. The number of carbonyl (C=O) groups is 2. The molecule has 0 bridgehead atoms. The first-order valence-electron chi connectivity index (χ1n) is 8.17. The zero-order valence-electron chi connectivity index (χ0n) is 13.9. The second-order valence-corrected chi connectivity index (χ2v) is 6.98. The minimum absolute atomic E-state index is 0.0000112. The standard InChI is InChI=1S/C19H20N2O3S/c1-13-7-9-14(10-8-13)16-12-15(17-4-3-11-25-17)20-21(16)18(22)5-2-6-19(23)24/h3-4,7-12,16,20H,2,5-6H2,1H3,(H,23,24)/t16-/m1/s1. The summed E-state index contributed by atoms with van der Waals surface area (Å²) in [5, 5.41) is 12.4. The normalized spacial score (nSPS) is 16.4. The number of hydrazine groups is 1. The molecule has 0 saturated heterocycles. The number of nitrogens with zero attached hydrogens (tertiary/aromatic N) is 1. The van der Waals surface area contributed by atoms with Crippen molar-refractivity contribution < 1.29 is 14.7 Å². The Morgan fingerprint density at radius 3 is 2.60 bits per heavy atom. The van der Waals surface area contributed by atoms with Gasteiger partial charge in [0.2, 0.25) is 5.91 Å². The molecule has 0 spiro atoms. The van der Waals surface area contributed by atoms with Crippen LogP contribution in [0.15, 0.2) is 47.9 Å². The van der Waals surface area contributed by atoms with Crippen molar-refractivity contribution in [3.8, 4) is 0 Å².